The summed E-state index contributed by atoms with van der Waals surface area (Å²) in [6, 6.07) is 25.3. The highest BCUT2D eigenvalue weighted by Crippen LogP contribution is 2.21. The van der Waals surface area contributed by atoms with E-state index in [4.69, 9.17) is 0 Å². The van der Waals surface area contributed by atoms with Crippen molar-refractivity contribution in [2.24, 2.45) is 5.92 Å². The average molecular weight is 467 g/mol. The molecule has 3 aromatic carbocycles. The molecule has 1 amide bonds. The molecule has 1 saturated heterocycles. The number of aromatic nitrogens is 2. The Bertz CT molecular complexity index is 1390. The molecule has 6 heteroatoms. The molecular weight excluding hydrogens is 436 g/mol. The predicted octanol–water partition coefficient (Wildman–Crippen LogP) is 4.68. The average Bonchev–Trinajstić information content (AvgIpc) is 2.90. The van der Waals surface area contributed by atoms with Gasteiger partial charge in [0.05, 0.1) is 11.0 Å². The first kappa shape index (κ1) is 22.8. The molecule has 0 atom stereocenters. The van der Waals surface area contributed by atoms with Crippen molar-refractivity contribution in [3.63, 3.8) is 0 Å². The zero-order valence-electron chi connectivity index (χ0n) is 20.2. The summed E-state index contributed by atoms with van der Waals surface area (Å²) in [5, 5.41) is 0. The first-order valence-electron chi connectivity index (χ1n) is 12.2. The van der Waals surface area contributed by atoms with Crippen molar-refractivity contribution >= 4 is 22.6 Å². The van der Waals surface area contributed by atoms with Crippen LogP contribution < -0.4 is 10.5 Å². The first-order chi connectivity index (χ1) is 17.0. The number of hydrogen-bond donors (Lipinski definition) is 0. The largest absolute Gasteiger partial charge is 0.368 e. The van der Waals surface area contributed by atoms with Gasteiger partial charge in [-0.3, -0.25) is 9.59 Å². The summed E-state index contributed by atoms with van der Waals surface area (Å²) in [5.74, 6) is 0.349. The lowest BCUT2D eigenvalue weighted by molar-refractivity contribution is 0.0747. The Morgan fingerprint density at radius 2 is 1.51 bits per heavy atom. The van der Waals surface area contributed by atoms with E-state index >= 15 is 0 Å². The van der Waals surface area contributed by atoms with Crippen LogP contribution in [0.2, 0.25) is 0 Å². The second-order valence-corrected chi connectivity index (χ2v) is 9.45. The molecule has 0 bridgehead atoms. The molecule has 1 aliphatic rings. The van der Waals surface area contributed by atoms with Gasteiger partial charge in [0.25, 0.3) is 11.5 Å². The highest BCUT2D eigenvalue weighted by Gasteiger charge is 2.22. The van der Waals surface area contributed by atoms with Gasteiger partial charge in [0, 0.05) is 49.5 Å². The van der Waals surface area contributed by atoms with Crippen LogP contribution in [0.1, 0.15) is 24.2 Å². The van der Waals surface area contributed by atoms with Crippen molar-refractivity contribution in [3.8, 4) is 11.3 Å². The van der Waals surface area contributed by atoms with Gasteiger partial charge in [0.2, 0.25) is 0 Å². The number of hydrogen-bond acceptors (Lipinski definition) is 4. The summed E-state index contributed by atoms with van der Waals surface area (Å²) in [4.78, 5) is 35.4. The van der Waals surface area contributed by atoms with E-state index in [1.165, 1.54) is 5.69 Å². The van der Waals surface area contributed by atoms with E-state index in [-0.39, 0.29) is 11.5 Å². The van der Waals surface area contributed by atoms with E-state index in [9.17, 15) is 9.59 Å². The molecule has 5 rings (SSSR count). The van der Waals surface area contributed by atoms with Gasteiger partial charge in [-0.1, -0.05) is 56.3 Å². The van der Waals surface area contributed by atoms with Crippen LogP contribution in [-0.2, 0) is 6.54 Å². The minimum absolute atomic E-state index is 0.0213. The Morgan fingerprint density at radius 3 is 2.20 bits per heavy atom. The molecule has 0 spiro atoms. The van der Waals surface area contributed by atoms with Crippen molar-refractivity contribution < 1.29 is 4.79 Å². The third-order valence-corrected chi connectivity index (χ3v) is 6.49. The molecule has 178 valence electrons. The Labute approximate surface area is 205 Å². The summed E-state index contributed by atoms with van der Waals surface area (Å²) < 4.78 is 1.81. The SMILES string of the molecule is CC(C)Cn1c(=O)c(-c2ccc(C(=O)N3CCN(c4ccccc4)CC3)cc2)nc2ccccc21. The lowest BCUT2D eigenvalue weighted by Crippen LogP contribution is -2.48. The minimum atomic E-state index is -0.103. The van der Waals surface area contributed by atoms with Crippen molar-refractivity contribution in [2.75, 3.05) is 31.1 Å². The van der Waals surface area contributed by atoms with Gasteiger partial charge in [0.15, 0.2) is 0 Å². The molecular formula is C29H30N4O2. The molecule has 35 heavy (non-hydrogen) atoms. The lowest BCUT2D eigenvalue weighted by atomic mass is 10.1. The van der Waals surface area contributed by atoms with Gasteiger partial charge >= 0.3 is 0 Å². The normalized spacial score (nSPS) is 14.0. The van der Waals surface area contributed by atoms with Gasteiger partial charge in [0.1, 0.15) is 5.69 Å². The van der Waals surface area contributed by atoms with Crippen LogP contribution in [0.3, 0.4) is 0 Å². The molecule has 1 aliphatic heterocycles. The summed E-state index contributed by atoms with van der Waals surface area (Å²) in [6.45, 7) is 7.81. The first-order valence-corrected chi connectivity index (χ1v) is 12.2. The predicted molar refractivity (Wildman–Crippen MR) is 141 cm³/mol. The van der Waals surface area contributed by atoms with E-state index in [1.54, 1.807) is 0 Å². The summed E-state index contributed by atoms with van der Waals surface area (Å²) >= 11 is 0. The van der Waals surface area contributed by atoms with Gasteiger partial charge in [-0.15, -0.1) is 0 Å². The minimum Gasteiger partial charge on any atom is -0.368 e. The van der Waals surface area contributed by atoms with Crippen LogP contribution in [0.15, 0.2) is 83.7 Å². The van der Waals surface area contributed by atoms with E-state index < -0.39 is 0 Å². The number of anilines is 1. The topological polar surface area (TPSA) is 58.4 Å². The fourth-order valence-corrected chi connectivity index (χ4v) is 4.69. The number of para-hydroxylation sites is 3. The highest BCUT2D eigenvalue weighted by atomic mass is 16.2. The van der Waals surface area contributed by atoms with E-state index in [0.29, 0.717) is 36.8 Å². The molecule has 0 aliphatic carbocycles. The smallest absolute Gasteiger partial charge is 0.277 e. The standard InChI is InChI=1S/C29H30N4O2/c1-21(2)20-33-26-11-7-6-10-25(26)30-27(29(33)35)22-12-14-23(15-13-22)28(34)32-18-16-31(17-19-32)24-8-4-3-5-9-24/h3-15,21H,16-20H2,1-2H3. The Morgan fingerprint density at radius 1 is 0.857 bits per heavy atom. The van der Waals surface area contributed by atoms with Gasteiger partial charge in [-0.2, -0.15) is 0 Å². The molecule has 0 N–H and O–H groups in total. The molecule has 0 unspecified atom stereocenters. The third kappa shape index (κ3) is 4.69. The summed E-state index contributed by atoms with van der Waals surface area (Å²) in [6.07, 6.45) is 0. The number of carbonyl (C=O) groups excluding carboxylic acids is 1. The summed E-state index contributed by atoms with van der Waals surface area (Å²) in [7, 11) is 0. The molecule has 1 fully saturated rings. The lowest BCUT2D eigenvalue weighted by Gasteiger charge is -2.36. The van der Waals surface area contributed by atoms with E-state index in [0.717, 1.165) is 29.7 Å². The van der Waals surface area contributed by atoms with Crippen LogP contribution in [0, 0.1) is 5.92 Å². The number of rotatable bonds is 5. The van der Waals surface area contributed by atoms with Gasteiger partial charge in [-0.05, 0) is 42.3 Å². The Kier molecular flexibility index (Phi) is 6.36. The molecule has 1 aromatic heterocycles. The van der Waals surface area contributed by atoms with Crippen molar-refractivity contribution in [3.05, 3.63) is 94.8 Å². The fraction of sp³-hybridized carbons (Fsp3) is 0.276. The van der Waals surface area contributed by atoms with Crippen LogP contribution in [-0.4, -0.2) is 46.5 Å². The van der Waals surface area contributed by atoms with E-state index in [1.807, 2.05) is 76.2 Å². The summed E-state index contributed by atoms with van der Waals surface area (Å²) in [5.41, 5.74) is 4.49. The van der Waals surface area contributed by atoms with Crippen molar-refractivity contribution in [1.29, 1.82) is 0 Å². The maximum Gasteiger partial charge on any atom is 0.277 e. The number of nitrogens with zero attached hydrogens (tertiary/aromatic N) is 4. The third-order valence-electron chi connectivity index (χ3n) is 6.49. The molecule has 2 heterocycles. The maximum absolute atomic E-state index is 13.4. The van der Waals surface area contributed by atoms with Crippen molar-refractivity contribution in [2.45, 2.75) is 20.4 Å². The molecule has 0 radical (unpaired) electrons. The second kappa shape index (κ2) is 9.74. The van der Waals surface area contributed by atoms with E-state index in [2.05, 4.69) is 35.9 Å². The number of amides is 1. The second-order valence-electron chi connectivity index (χ2n) is 9.45. The molecule has 6 nitrogen and oxygen atoms in total. The van der Waals surface area contributed by atoms with Crippen molar-refractivity contribution in [1.82, 2.24) is 14.5 Å². The number of benzene rings is 3. The maximum atomic E-state index is 13.4. The Hall–Kier alpha value is -3.93. The monoisotopic (exact) mass is 466 g/mol. The zero-order valence-corrected chi connectivity index (χ0v) is 20.2. The van der Waals surface area contributed by atoms with Crippen LogP contribution in [0.25, 0.3) is 22.3 Å². The quantitative estimate of drug-likeness (QED) is 0.429. The number of piperazine rings is 1. The zero-order chi connectivity index (χ0) is 24.4. The van der Waals surface area contributed by atoms with Crippen LogP contribution >= 0.6 is 0 Å². The number of fused-ring (bicyclic) bond motifs is 1. The number of carbonyl (C=O) groups is 1. The highest BCUT2D eigenvalue weighted by molar-refractivity contribution is 5.95. The molecule has 0 saturated carbocycles. The van der Waals surface area contributed by atoms with Crippen LogP contribution in [0.4, 0.5) is 5.69 Å². The van der Waals surface area contributed by atoms with Gasteiger partial charge in [-0.25, -0.2) is 4.98 Å². The van der Waals surface area contributed by atoms with Gasteiger partial charge < -0.3 is 14.4 Å². The fourth-order valence-electron chi connectivity index (χ4n) is 4.69. The molecule has 4 aromatic rings. The Balaban J connectivity index is 1.36. The van der Waals surface area contributed by atoms with Crippen LogP contribution in [0.5, 0.6) is 0 Å².